The number of carbonyl (C=O) groups excluding carboxylic acids is 1. The van der Waals surface area contributed by atoms with Crippen molar-refractivity contribution in [2.24, 2.45) is 0 Å². The lowest BCUT2D eigenvalue weighted by molar-refractivity contribution is 0.111. The largest absolute Gasteiger partial charge is 0.296 e. The van der Waals surface area contributed by atoms with E-state index in [1.807, 2.05) is 49.1 Å². The van der Waals surface area contributed by atoms with E-state index in [0.717, 1.165) is 34.0 Å². The molecule has 19 heavy (non-hydrogen) atoms. The second kappa shape index (κ2) is 4.31. The first kappa shape index (κ1) is 11.6. The third-order valence-electron chi connectivity index (χ3n) is 3.19. The Bertz CT molecular complexity index is 774. The molecule has 3 rings (SSSR count). The second-order valence-corrected chi connectivity index (χ2v) is 4.60. The number of aromatic nitrogens is 3. The van der Waals surface area contributed by atoms with E-state index in [1.54, 1.807) is 6.07 Å². The lowest BCUT2D eigenvalue weighted by atomic mass is 10.1. The fourth-order valence-corrected chi connectivity index (χ4v) is 2.19. The Morgan fingerprint density at radius 1 is 1.16 bits per heavy atom. The van der Waals surface area contributed by atoms with Gasteiger partial charge in [0, 0.05) is 17.1 Å². The number of hydrogen-bond donors (Lipinski definition) is 0. The third-order valence-corrected chi connectivity index (χ3v) is 3.19. The molecule has 0 atom stereocenters. The molecular formula is C15H13N3O. The monoisotopic (exact) mass is 251 g/mol. The highest BCUT2D eigenvalue weighted by molar-refractivity contribution is 5.87. The van der Waals surface area contributed by atoms with Crippen LogP contribution < -0.4 is 0 Å². The third kappa shape index (κ3) is 1.91. The molecule has 0 fully saturated rings. The Morgan fingerprint density at radius 2 is 1.95 bits per heavy atom. The van der Waals surface area contributed by atoms with E-state index < -0.39 is 0 Å². The molecule has 1 aromatic carbocycles. The molecule has 0 saturated carbocycles. The van der Waals surface area contributed by atoms with E-state index in [-0.39, 0.29) is 0 Å². The number of aryl methyl sites for hydroxylation is 2. The lowest BCUT2D eigenvalue weighted by Crippen LogP contribution is -1.99. The van der Waals surface area contributed by atoms with Gasteiger partial charge < -0.3 is 0 Å². The molecule has 3 aromatic rings. The number of benzene rings is 1. The van der Waals surface area contributed by atoms with Gasteiger partial charge in [-0.05, 0) is 31.5 Å². The van der Waals surface area contributed by atoms with Gasteiger partial charge in [0.15, 0.2) is 6.29 Å². The molecule has 0 spiro atoms. The van der Waals surface area contributed by atoms with Crippen LogP contribution in [0.5, 0.6) is 0 Å². The molecule has 0 N–H and O–H groups in total. The van der Waals surface area contributed by atoms with Gasteiger partial charge in [-0.25, -0.2) is 9.67 Å². The number of nitrogens with zero attached hydrogens (tertiary/aromatic N) is 3. The number of aldehydes is 1. The van der Waals surface area contributed by atoms with E-state index >= 15 is 0 Å². The molecule has 0 aliphatic rings. The molecule has 2 heterocycles. The van der Waals surface area contributed by atoms with Crippen LogP contribution in [0.4, 0.5) is 0 Å². The summed E-state index contributed by atoms with van der Waals surface area (Å²) in [4.78, 5) is 15.2. The molecular weight excluding hydrogens is 238 g/mol. The molecule has 0 saturated heterocycles. The van der Waals surface area contributed by atoms with Crippen LogP contribution in [0.15, 0.2) is 36.7 Å². The average Bonchev–Trinajstić information content (AvgIpc) is 2.85. The summed E-state index contributed by atoms with van der Waals surface area (Å²) in [5, 5.41) is 5.34. The van der Waals surface area contributed by atoms with Crippen LogP contribution in [0.1, 0.15) is 21.6 Å². The van der Waals surface area contributed by atoms with E-state index in [4.69, 9.17) is 0 Å². The van der Waals surface area contributed by atoms with Crippen LogP contribution in [0.25, 0.3) is 16.6 Å². The topological polar surface area (TPSA) is 47.8 Å². The van der Waals surface area contributed by atoms with Gasteiger partial charge in [0.05, 0.1) is 17.4 Å². The summed E-state index contributed by atoms with van der Waals surface area (Å²) in [7, 11) is 0. The number of pyridine rings is 1. The maximum Gasteiger partial charge on any atom is 0.168 e. The van der Waals surface area contributed by atoms with Gasteiger partial charge in [-0.1, -0.05) is 12.1 Å². The lowest BCUT2D eigenvalue weighted by Gasteiger charge is -2.09. The molecule has 0 aliphatic heterocycles. The first-order chi connectivity index (χ1) is 9.19. The van der Waals surface area contributed by atoms with Crippen molar-refractivity contribution in [1.82, 2.24) is 14.8 Å². The molecule has 0 unspecified atom stereocenters. The minimum absolute atomic E-state index is 0.449. The quantitative estimate of drug-likeness (QED) is 0.658. The zero-order chi connectivity index (χ0) is 13.4. The van der Waals surface area contributed by atoms with Gasteiger partial charge in [0.25, 0.3) is 0 Å². The van der Waals surface area contributed by atoms with Crippen molar-refractivity contribution in [2.75, 3.05) is 0 Å². The molecule has 0 aliphatic carbocycles. The SMILES string of the molecule is Cc1cnn(-c2ccc3ccc(C=O)nc3c2C)c1. The van der Waals surface area contributed by atoms with E-state index in [9.17, 15) is 4.79 Å². The van der Waals surface area contributed by atoms with Gasteiger partial charge in [0.2, 0.25) is 0 Å². The van der Waals surface area contributed by atoms with Crippen molar-refractivity contribution in [3.63, 3.8) is 0 Å². The van der Waals surface area contributed by atoms with Crippen molar-refractivity contribution in [3.8, 4) is 5.69 Å². The van der Waals surface area contributed by atoms with Crippen LogP contribution in [-0.2, 0) is 0 Å². The normalized spacial score (nSPS) is 10.8. The average molecular weight is 251 g/mol. The second-order valence-electron chi connectivity index (χ2n) is 4.60. The first-order valence-electron chi connectivity index (χ1n) is 6.06. The van der Waals surface area contributed by atoms with Crippen molar-refractivity contribution in [2.45, 2.75) is 13.8 Å². The van der Waals surface area contributed by atoms with Gasteiger partial charge in [-0.2, -0.15) is 5.10 Å². The van der Waals surface area contributed by atoms with Crippen LogP contribution in [0.3, 0.4) is 0 Å². The summed E-state index contributed by atoms with van der Waals surface area (Å²) in [6.07, 6.45) is 4.56. The van der Waals surface area contributed by atoms with E-state index in [2.05, 4.69) is 10.1 Å². The molecule has 0 radical (unpaired) electrons. The Labute approximate surface area is 110 Å². The van der Waals surface area contributed by atoms with Crippen molar-refractivity contribution in [1.29, 1.82) is 0 Å². The smallest absolute Gasteiger partial charge is 0.168 e. The van der Waals surface area contributed by atoms with Crippen molar-refractivity contribution < 1.29 is 4.79 Å². The van der Waals surface area contributed by atoms with Gasteiger partial charge in [0.1, 0.15) is 5.69 Å². The van der Waals surface area contributed by atoms with Gasteiger partial charge >= 0.3 is 0 Å². The summed E-state index contributed by atoms with van der Waals surface area (Å²) in [5.74, 6) is 0. The summed E-state index contributed by atoms with van der Waals surface area (Å²) < 4.78 is 1.83. The summed E-state index contributed by atoms with van der Waals surface area (Å²) in [5.41, 5.74) is 4.40. The zero-order valence-corrected chi connectivity index (χ0v) is 10.8. The van der Waals surface area contributed by atoms with Crippen LogP contribution >= 0.6 is 0 Å². The van der Waals surface area contributed by atoms with Crippen LogP contribution in [0.2, 0.25) is 0 Å². The summed E-state index contributed by atoms with van der Waals surface area (Å²) in [6, 6.07) is 7.66. The Hall–Kier alpha value is -2.49. The minimum atomic E-state index is 0.449. The standard InChI is InChI=1S/C15H13N3O/c1-10-7-16-18(8-10)14-6-4-12-3-5-13(9-19)17-15(12)11(14)2/h3-9H,1-2H3. The minimum Gasteiger partial charge on any atom is -0.296 e. The number of rotatable bonds is 2. The zero-order valence-electron chi connectivity index (χ0n) is 10.8. The highest BCUT2D eigenvalue weighted by Crippen LogP contribution is 2.23. The summed E-state index contributed by atoms with van der Waals surface area (Å²) >= 11 is 0. The Morgan fingerprint density at radius 3 is 2.63 bits per heavy atom. The van der Waals surface area contributed by atoms with Gasteiger partial charge in [-0.3, -0.25) is 4.79 Å². The number of carbonyl (C=O) groups is 1. The maximum atomic E-state index is 10.8. The predicted molar refractivity (Wildman–Crippen MR) is 73.7 cm³/mol. The fraction of sp³-hybridized carbons (Fsp3) is 0.133. The highest BCUT2D eigenvalue weighted by atomic mass is 16.1. The van der Waals surface area contributed by atoms with E-state index in [0.29, 0.717) is 5.69 Å². The van der Waals surface area contributed by atoms with Crippen LogP contribution in [0, 0.1) is 13.8 Å². The van der Waals surface area contributed by atoms with Crippen LogP contribution in [-0.4, -0.2) is 21.1 Å². The molecule has 2 aromatic heterocycles. The molecule has 0 amide bonds. The number of fused-ring (bicyclic) bond motifs is 1. The number of hydrogen-bond acceptors (Lipinski definition) is 3. The molecule has 94 valence electrons. The highest BCUT2D eigenvalue weighted by Gasteiger charge is 2.08. The maximum absolute atomic E-state index is 10.8. The molecule has 4 heteroatoms. The Kier molecular flexibility index (Phi) is 2.63. The van der Waals surface area contributed by atoms with E-state index in [1.165, 1.54) is 0 Å². The van der Waals surface area contributed by atoms with Gasteiger partial charge in [-0.15, -0.1) is 0 Å². The Balaban J connectivity index is 2.27. The molecule has 4 nitrogen and oxygen atoms in total. The fourth-order valence-electron chi connectivity index (χ4n) is 2.19. The van der Waals surface area contributed by atoms with Crippen molar-refractivity contribution in [3.05, 3.63) is 53.5 Å². The molecule has 0 bridgehead atoms. The van der Waals surface area contributed by atoms with Crippen molar-refractivity contribution >= 4 is 17.2 Å². The first-order valence-corrected chi connectivity index (χ1v) is 6.06. The summed E-state index contributed by atoms with van der Waals surface area (Å²) in [6.45, 7) is 4.00. The predicted octanol–water partition coefficient (Wildman–Crippen LogP) is 2.85.